The van der Waals surface area contributed by atoms with Crippen molar-refractivity contribution in [1.29, 1.82) is 0 Å². The Morgan fingerprint density at radius 3 is 2.00 bits per heavy atom. The summed E-state index contributed by atoms with van der Waals surface area (Å²) in [5.41, 5.74) is 8.00. The third kappa shape index (κ3) is 5.35. The highest BCUT2D eigenvalue weighted by Gasteiger charge is 2.19. The lowest BCUT2D eigenvalue weighted by Crippen LogP contribution is -2.44. The highest BCUT2D eigenvalue weighted by Crippen LogP contribution is 2.23. The van der Waals surface area contributed by atoms with Gasteiger partial charge in [0.15, 0.2) is 0 Å². The molecule has 0 aliphatic heterocycles. The summed E-state index contributed by atoms with van der Waals surface area (Å²) in [6, 6.07) is 31.0. The molecule has 0 spiro atoms. The fourth-order valence-corrected chi connectivity index (χ4v) is 3.76. The Balaban J connectivity index is 1.33. The smallest absolute Gasteiger partial charge is 0.271 e. The lowest BCUT2D eigenvalue weighted by Gasteiger charge is -2.09. The van der Waals surface area contributed by atoms with Crippen LogP contribution in [0.1, 0.15) is 10.4 Å². The molecule has 2 heterocycles. The maximum Gasteiger partial charge on any atom is 0.273 e. The van der Waals surface area contributed by atoms with Crippen molar-refractivity contribution in [1.82, 2.24) is 30.4 Å². The van der Waals surface area contributed by atoms with Crippen molar-refractivity contribution in [3.63, 3.8) is 0 Å². The van der Waals surface area contributed by atoms with E-state index in [1.807, 2.05) is 91.0 Å². The molecule has 2 N–H and O–H groups in total. The number of benzene rings is 3. The Bertz CT molecular complexity index is 1600. The summed E-state index contributed by atoms with van der Waals surface area (Å²) in [6.45, 7) is -0.366. The van der Waals surface area contributed by atoms with E-state index in [0.717, 1.165) is 21.5 Å². The van der Waals surface area contributed by atoms with E-state index in [2.05, 4.69) is 21.0 Å². The van der Waals surface area contributed by atoms with E-state index < -0.39 is 17.4 Å². The number of hydrogen-bond acceptors (Lipinski definition) is 5. The van der Waals surface area contributed by atoms with Crippen molar-refractivity contribution in [3.8, 4) is 28.2 Å². The Hall–Kier alpha value is -5.31. The molecule has 9 nitrogen and oxygen atoms in total. The van der Waals surface area contributed by atoms with Crippen molar-refractivity contribution in [2.75, 3.05) is 0 Å². The highest BCUT2D eigenvalue weighted by molar-refractivity contribution is 6.00. The molecular weight excluding hydrogens is 468 g/mol. The summed E-state index contributed by atoms with van der Waals surface area (Å²) in [5, 5.41) is 8.88. The predicted molar refractivity (Wildman–Crippen MR) is 139 cm³/mol. The molecule has 0 unspecified atom stereocenters. The first-order valence-corrected chi connectivity index (χ1v) is 11.5. The van der Waals surface area contributed by atoms with Gasteiger partial charge in [0.1, 0.15) is 12.2 Å². The summed E-state index contributed by atoms with van der Waals surface area (Å²) >= 11 is 0. The third-order valence-electron chi connectivity index (χ3n) is 5.57. The van der Waals surface area contributed by atoms with Crippen molar-refractivity contribution in [3.05, 3.63) is 125 Å². The van der Waals surface area contributed by atoms with Crippen LogP contribution >= 0.6 is 0 Å². The van der Waals surface area contributed by atoms with Crippen LogP contribution in [0.5, 0.6) is 0 Å². The van der Waals surface area contributed by atoms with E-state index in [4.69, 9.17) is 0 Å². The molecule has 0 aliphatic carbocycles. The standard InChI is InChI=1S/C28H22N6O3/c35-25(19-34-26(36)17-16-24(31-34)20-10-4-1-5-11-20)29-30-28(37)23-18-33(22-14-8-3-9-15-22)32-27(23)21-12-6-2-7-13-21/h1-18H,19H2,(H,29,35)(H,30,37). The molecular formula is C28H22N6O3. The summed E-state index contributed by atoms with van der Waals surface area (Å²) in [6.07, 6.45) is 1.61. The maximum atomic E-state index is 13.1. The van der Waals surface area contributed by atoms with Gasteiger partial charge in [-0.3, -0.25) is 25.2 Å². The van der Waals surface area contributed by atoms with E-state index in [-0.39, 0.29) is 12.1 Å². The quantitative estimate of drug-likeness (QED) is 0.355. The molecule has 0 atom stereocenters. The molecule has 0 aliphatic rings. The lowest BCUT2D eigenvalue weighted by atomic mass is 10.1. The number of hydrazine groups is 1. The van der Waals surface area contributed by atoms with Crippen LogP contribution in [0.15, 0.2) is 114 Å². The average molecular weight is 491 g/mol. The van der Waals surface area contributed by atoms with Gasteiger partial charge in [-0.05, 0) is 18.2 Å². The number of rotatable bonds is 6. The largest absolute Gasteiger partial charge is 0.273 e. The second-order valence-corrected chi connectivity index (χ2v) is 8.12. The van der Waals surface area contributed by atoms with Gasteiger partial charge in [-0.2, -0.15) is 10.2 Å². The molecule has 0 radical (unpaired) electrons. The molecule has 0 fully saturated rings. The first-order chi connectivity index (χ1) is 18.1. The van der Waals surface area contributed by atoms with Gasteiger partial charge in [-0.15, -0.1) is 0 Å². The normalized spacial score (nSPS) is 10.6. The van der Waals surface area contributed by atoms with Gasteiger partial charge in [-0.25, -0.2) is 9.36 Å². The molecule has 0 saturated heterocycles. The second-order valence-electron chi connectivity index (χ2n) is 8.12. The Kier molecular flexibility index (Phi) is 6.67. The van der Waals surface area contributed by atoms with E-state index in [1.54, 1.807) is 16.9 Å². The van der Waals surface area contributed by atoms with E-state index in [1.165, 1.54) is 6.07 Å². The average Bonchev–Trinajstić information content (AvgIpc) is 3.40. The number of nitrogens with one attached hydrogen (secondary N) is 2. The molecule has 182 valence electrons. The summed E-state index contributed by atoms with van der Waals surface area (Å²) in [5.74, 6) is -1.15. The van der Waals surface area contributed by atoms with Gasteiger partial charge in [0.05, 0.1) is 16.9 Å². The molecule has 9 heteroatoms. The number of para-hydroxylation sites is 1. The first-order valence-electron chi connectivity index (χ1n) is 11.5. The summed E-state index contributed by atoms with van der Waals surface area (Å²) in [4.78, 5) is 37.9. The Labute approximate surface area is 212 Å². The maximum absolute atomic E-state index is 13.1. The Morgan fingerprint density at radius 1 is 0.703 bits per heavy atom. The molecule has 0 bridgehead atoms. The van der Waals surface area contributed by atoms with Gasteiger partial charge >= 0.3 is 0 Å². The molecule has 5 rings (SSSR count). The summed E-state index contributed by atoms with van der Waals surface area (Å²) < 4.78 is 2.66. The van der Waals surface area contributed by atoms with Crippen LogP contribution in [-0.4, -0.2) is 31.4 Å². The Morgan fingerprint density at radius 2 is 1.32 bits per heavy atom. The van der Waals surface area contributed by atoms with Crippen molar-refractivity contribution < 1.29 is 9.59 Å². The molecule has 5 aromatic rings. The lowest BCUT2D eigenvalue weighted by molar-refractivity contribution is -0.122. The van der Waals surface area contributed by atoms with E-state index in [9.17, 15) is 14.4 Å². The van der Waals surface area contributed by atoms with Crippen molar-refractivity contribution >= 4 is 11.8 Å². The van der Waals surface area contributed by atoms with Crippen LogP contribution in [0, 0.1) is 0 Å². The summed E-state index contributed by atoms with van der Waals surface area (Å²) in [7, 11) is 0. The number of hydrogen-bond donors (Lipinski definition) is 2. The van der Waals surface area contributed by atoms with Crippen LogP contribution in [0.25, 0.3) is 28.2 Å². The molecule has 0 saturated carbocycles. The molecule has 3 aromatic carbocycles. The minimum atomic E-state index is -0.607. The SMILES string of the molecule is O=C(Cn1nc(-c2ccccc2)ccc1=O)NNC(=O)c1cn(-c2ccccc2)nc1-c1ccccc1. The number of nitrogens with zero attached hydrogens (tertiary/aromatic N) is 4. The fraction of sp³-hybridized carbons (Fsp3) is 0.0357. The van der Waals surface area contributed by atoms with Crippen LogP contribution in [0.4, 0.5) is 0 Å². The zero-order chi connectivity index (χ0) is 25.6. The van der Waals surface area contributed by atoms with Gasteiger partial charge in [-0.1, -0.05) is 78.9 Å². The van der Waals surface area contributed by atoms with Gasteiger partial charge in [0.25, 0.3) is 17.4 Å². The number of carbonyl (C=O) groups is 2. The van der Waals surface area contributed by atoms with Gasteiger partial charge < -0.3 is 0 Å². The van der Waals surface area contributed by atoms with Crippen LogP contribution in [0.3, 0.4) is 0 Å². The zero-order valence-corrected chi connectivity index (χ0v) is 19.6. The van der Waals surface area contributed by atoms with Crippen molar-refractivity contribution in [2.24, 2.45) is 0 Å². The van der Waals surface area contributed by atoms with Gasteiger partial charge in [0, 0.05) is 23.4 Å². The van der Waals surface area contributed by atoms with Crippen LogP contribution < -0.4 is 16.4 Å². The first kappa shape index (κ1) is 23.4. The molecule has 2 aromatic heterocycles. The molecule has 2 amide bonds. The van der Waals surface area contributed by atoms with E-state index >= 15 is 0 Å². The van der Waals surface area contributed by atoms with Crippen LogP contribution in [-0.2, 0) is 11.3 Å². The minimum absolute atomic E-state index is 0.275. The molecule has 37 heavy (non-hydrogen) atoms. The zero-order valence-electron chi connectivity index (χ0n) is 19.6. The number of amides is 2. The van der Waals surface area contributed by atoms with Crippen molar-refractivity contribution in [2.45, 2.75) is 6.54 Å². The third-order valence-corrected chi connectivity index (χ3v) is 5.57. The fourth-order valence-electron chi connectivity index (χ4n) is 3.76. The number of carbonyl (C=O) groups excluding carboxylic acids is 2. The predicted octanol–water partition coefficient (Wildman–Crippen LogP) is 3.22. The highest BCUT2D eigenvalue weighted by atomic mass is 16.2. The van der Waals surface area contributed by atoms with E-state index in [0.29, 0.717) is 11.4 Å². The minimum Gasteiger partial charge on any atom is -0.271 e. The van der Waals surface area contributed by atoms with Crippen LogP contribution in [0.2, 0.25) is 0 Å². The number of aromatic nitrogens is 4. The topological polar surface area (TPSA) is 111 Å². The van der Waals surface area contributed by atoms with Gasteiger partial charge in [0.2, 0.25) is 0 Å². The second kappa shape index (κ2) is 10.5. The monoisotopic (exact) mass is 490 g/mol.